The Kier molecular flexibility index (Phi) is 7.87. The van der Waals surface area contributed by atoms with E-state index in [-0.39, 0.29) is 29.3 Å². The van der Waals surface area contributed by atoms with Crippen LogP contribution in [0.2, 0.25) is 5.02 Å². The molecule has 31 heavy (non-hydrogen) atoms. The van der Waals surface area contributed by atoms with Crippen molar-refractivity contribution in [2.45, 2.75) is 20.3 Å². The van der Waals surface area contributed by atoms with Crippen molar-refractivity contribution in [3.05, 3.63) is 59.1 Å². The number of piperazine rings is 1. The van der Waals surface area contributed by atoms with Crippen LogP contribution in [-0.2, 0) is 16.0 Å². The highest BCUT2D eigenvalue weighted by Gasteiger charge is 2.24. The molecule has 1 fully saturated rings. The summed E-state index contributed by atoms with van der Waals surface area (Å²) in [6, 6.07) is 15.1. The summed E-state index contributed by atoms with van der Waals surface area (Å²) in [7, 11) is 0. The summed E-state index contributed by atoms with van der Waals surface area (Å²) in [6.45, 7) is 6.69. The van der Waals surface area contributed by atoms with Gasteiger partial charge in [-0.05, 0) is 36.0 Å². The first kappa shape index (κ1) is 23.0. The van der Waals surface area contributed by atoms with Gasteiger partial charge < -0.3 is 20.4 Å². The van der Waals surface area contributed by atoms with Crippen molar-refractivity contribution in [3.8, 4) is 0 Å². The minimum absolute atomic E-state index is 0.0116. The third-order valence-corrected chi connectivity index (χ3v) is 5.60. The molecule has 164 valence electrons. The van der Waals surface area contributed by atoms with Gasteiger partial charge in [-0.3, -0.25) is 9.59 Å². The normalized spacial score (nSPS) is 13.8. The Morgan fingerprint density at radius 1 is 1.06 bits per heavy atom. The summed E-state index contributed by atoms with van der Waals surface area (Å²) < 4.78 is 0. The van der Waals surface area contributed by atoms with Gasteiger partial charge in [0, 0.05) is 37.8 Å². The van der Waals surface area contributed by atoms with E-state index < -0.39 is 0 Å². The molecule has 2 amide bonds. The van der Waals surface area contributed by atoms with Crippen LogP contribution in [0.4, 0.5) is 11.4 Å². The minimum Gasteiger partial charge on any atom is -0.367 e. The van der Waals surface area contributed by atoms with E-state index in [0.29, 0.717) is 23.8 Å². The minimum atomic E-state index is -0.180. The molecule has 1 heterocycles. The van der Waals surface area contributed by atoms with Crippen molar-refractivity contribution in [1.29, 1.82) is 0 Å². The summed E-state index contributed by atoms with van der Waals surface area (Å²) >= 11 is 11.8. The fourth-order valence-corrected chi connectivity index (χ4v) is 4.02. The first-order chi connectivity index (χ1) is 14.8. The number of carbonyl (C=O) groups is 2. The van der Waals surface area contributed by atoms with Gasteiger partial charge in [-0.1, -0.05) is 55.8 Å². The predicted octanol–water partition coefficient (Wildman–Crippen LogP) is 3.70. The molecule has 0 unspecified atom stereocenters. The van der Waals surface area contributed by atoms with Crippen LogP contribution in [0.1, 0.15) is 19.4 Å². The van der Waals surface area contributed by atoms with Crippen LogP contribution >= 0.6 is 23.8 Å². The first-order valence-corrected chi connectivity index (χ1v) is 11.1. The molecule has 0 saturated carbocycles. The molecule has 0 radical (unpaired) electrons. The Labute approximate surface area is 193 Å². The summed E-state index contributed by atoms with van der Waals surface area (Å²) in [5.41, 5.74) is 2.54. The highest BCUT2D eigenvalue weighted by molar-refractivity contribution is 7.80. The van der Waals surface area contributed by atoms with Crippen LogP contribution in [0.25, 0.3) is 0 Å². The van der Waals surface area contributed by atoms with Crippen LogP contribution in [0.15, 0.2) is 48.5 Å². The lowest BCUT2D eigenvalue weighted by molar-refractivity contribution is -0.134. The number of nitrogens with one attached hydrogen (secondary N) is 2. The number of anilines is 2. The molecule has 0 aliphatic carbocycles. The number of hydrogen-bond acceptors (Lipinski definition) is 4. The average Bonchev–Trinajstić information content (AvgIpc) is 2.74. The molecule has 8 heteroatoms. The molecule has 0 atom stereocenters. The molecule has 0 aromatic heterocycles. The largest absolute Gasteiger partial charge is 0.367 e. The molecule has 0 spiro atoms. The molecular formula is C23H27ClN4O2S. The van der Waals surface area contributed by atoms with Gasteiger partial charge in [0.15, 0.2) is 5.11 Å². The summed E-state index contributed by atoms with van der Waals surface area (Å²) in [5.74, 6) is 0.0193. The van der Waals surface area contributed by atoms with Crippen molar-refractivity contribution >= 4 is 52.1 Å². The van der Waals surface area contributed by atoms with E-state index in [0.717, 1.165) is 24.3 Å². The smallest absolute Gasteiger partial charge is 0.230 e. The number of rotatable bonds is 5. The number of hydrogen-bond donors (Lipinski definition) is 2. The van der Waals surface area contributed by atoms with Crippen molar-refractivity contribution in [3.63, 3.8) is 0 Å². The lowest BCUT2D eigenvalue weighted by Gasteiger charge is -2.37. The van der Waals surface area contributed by atoms with Crippen LogP contribution in [0, 0.1) is 5.92 Å². The fraction of sp³-hybridized carbons (Fsp3) is 0.348. The van der Waals surface area contributed by atoms with E-state index in [1.54, 1.807) is 6.07 Å². The van der Waals surface area contributed by atoms with Gasteiger partial charge >= 0.3 is 0 Å². The van der Waals surface area contributed by atoms with E-state index >= 15 is 0 Å². The Bertz CT molecular complexity index is 944. The maximum atomic E-state index is 12.2. The molecule has 2 N–H and O–H groups in total. The molecule has 6 nitrogen and oxygen atoms in total. The second-order valence-electron chi connectivity index (χ2n) is 7.80. The van der Waals surface area contributed by atoms with Gasteiger partial charge in [0.2, 0.25) is 11.8 Å². The van der Waals surface area contributed by atoms with Crippen LogP contribution < -0.4 is 15.5 Å². The molecule has 1 saturated heterocycles. The number of amides is 2. The van der Waals surface area contributed by atoms with E-state index in [1.165, 1.54) is 0 Å². The van der Waals surface area contributed by atoms with Gasteiger partial charge in [-0.15, -0.1) is 0 Å². The van der Waals surface area contributed by atoms with E-state index in [4.69, 9.17) is 23.8 Å². The Hall–Kier alpha value is -2.64. The fourth-order valence-electron chi connectivity index (χ4n) is 3.49. The standard InChI is InChI=1S/C23H27ClN4O2S/c1-16(2)22(30)28-12-10-27(11-13-28)20-9-8-18(15-19(20)24)25-23(31)26-21(29)14-17-6-4-3-5-7-17/h3-9,15-16H,10-14H2,1-2H3,(H2,25,26,29,31). The highest BCUT2D eigenvalue weighted by atomic mass is 35.5. The highest BCUT2D eigenvalue weighted by Crippen LogP contribution is 2.29. The van der Waals surface area contributed by atoms with Gasteiger partial charge in [0.25, 0.3) is 0 Å². The first-order valence-electron chi connectivity index (χ1n) is 10.3. The summed E-state index contributed by atoms with van der Waals surface area (Å²) in [5, 5.41) is 6.51. The van der Waals surface area contributed by atoms with Crippen LogP contribution in [0.5, 0.6) is 0 Å². The maximum Gasteiger partial charge on any atom is 0.230 e. The molecule has 2 aromatic carbocycles. The van der Waals surface area contributed by atoms with E-state index in [2.05, 4.69) is 15.5 Å². The zero-order chi connectivity index (χ0) is 22.4. The quantitative estimate of drug-likeness (QED) is 0.669. The van der Waals surface area contributed by atoms with E-state index in [1.807, 2.05) is 61.2 Å². The second kappa shape index (κ2) is 10.6. The lowest BCUT2D eigenvalue weighted by Crippen LogP contribution is -2.50. The van der Waals surface area contributed by atoms with Crippen molar-refractivity contribution in [1.82, 2.24) is 10.2 Å². The van der Waals surface area contributed by atoms with Crippen LogP contribution in [-0.4, -0.2) is 48.0 Å². The number of nitrogens with zero attached hydrogens (tertiary/aromatic N) is 2. The molecule has 1 aliphatic heterocycles. The van der Waals surface area contributed by atoms with Crippen molar-refractivity contribution < 1.29 is 9.59 Å². The third kappa shape index (κ3) is 6.42. The Balaban J connectivity index is 1.53. The monoisotopic (exact) mass is 458 g/mol. The SMILES string of the molecule is CC(C)C(=O)N1CCN(c2ccc(NC(=S)NC(=O)Cc3ccccc3)cc2Cl)CC1. The van der Waals surface area contributed by atoms with Crippen LogP contribution in [0.3, 0.4) is 0 Å². The Morgan fingerprint density at radius 2 is 1.74 bits per heavy atom. The van der Waals surface area contributed by atoms with Gasteiger partial charge in [0.1, 0.15) is 0 Å². The molecule has 3 rings (SSSR count). The van der Waals surface area contributed by atoms with E-state index in [9.17, 15) is 9.59 Å². The molecule has 2 aromatic rings. The average molecular weight is 459 g/mol. The topological polar surface area (TPSA) is 64.7 Å². The third-order valence-electron chi connectivity index (χ3n) is 5.09. The predicted molar refractivity (Wildman–Crippen MR) is 130 cm³/mol. The van der Waals surface area contributed by atoms with Gasteiger partial charge in [0.05, 0.1) is 17.1 Å². The summed E-state index contributed by atoms with van der Waals surface area (Å²) in [4.78, 5) is 28.4. The number of thiocarbonyl (C=S) groups is 1. The zero-order valence-corrected chi connectivity index (χ0v) is 19.3. The lowest BCUT2D eigenvalue weighted by atomic mass is 10.1. The molecule has 0 bridgehead atoms. The van der Waals surface area contributed by atoms with Crippen molar-refractivity contribution in [2.75, 3.05) is 36.4 Å². The summed E-state index contributed by atoms with van der Waals surface area (Å²) in [6.07, 6.45) is 0.258. The number of halogens is 1. The van der Waals surface area contributed by atoms with Crippen molar-refractivity contribution in [2.24, 2.45) is 5.92 Å². The zero-order valence-electron chi connectivity index (χ0n) is 17.7. The van der Waals surface area contributed by atoms with Gasteiger partial charge in [-0.25, -0.2) is 0 Å². The number of carbonyl (C=O) groups excluding carboxylic acids is 2. The maximum absolute atomic E-state index is 12.2. The number of benzene rings is 2. The Morgan fingerprint density at radius 3 is 2.35 bits per heavy atom. The molecule has 1 aliphatic rings. The van der Waals surface area contributed by atoms with Gasteiger partial charge in [-0.2, -0.15) is 0 Å². The molecular weight excluding hydrogens is 432 g/mol. The second-order valence-corrected chi connectivity index (χ2v) is 8.61.